The Labute approximate surface area is 95.3 Å². The molecule has 3 aromatic rings. The lowest BCUT2D eigenvalue weighted by atomic mass is 10.1. The van der Waals surface area contributed by atoms with Crippen LogP contribution in [0.3, 0.4) is 0 Å². The van der Waals surface area contributed by atoms with Gasteiger partial charge >= 0.3 is 0 Å². The molecule has 0 saturated heterocycles. The quantitative estimate of drug-likeness (QED) is 0.528. The molecule has 0 spiro atoms. The number of fused-ring (bicyclic) bond motifs is 3. The molecule has 0 aliphatic rings. The van der Waals surface area contributed by atoms with E-state index in [9.17, 15) is 0 Å². The van der Waals surface area contributed by atoms with Gasteiger partial charge in [-0.3, -0.25) is 0 Å². The number of nitrogens with zero attached hydrogens (tertiary/aromatic N) is 1. The lowest BCUT2D eigenvalue weighted by molar-refractivity contribution is 1.01. The maximum atomic E-state index is 2.28. The van der Waals surface area contributed by atoms with E-state index in [1.807, 2.05) is 0 Å². The van der Waals surface area contributed by atoms with Crippen molar-refractivity contribution >= 4 is 21.8 Å². The van der Waals surface area contributed by atoms with Crippen molar-refractivity contribution < 1.29 is 0 Å². The van der Waals surface area contributed by atoms with Gasteiger partial charge in [0.1, 0.15) is 0 Å². The Kier molecular flexibility index (Phi) is 1.84. The fourth-order valence-electron chi connectivity index (χ4n) is 2.42. The van der Waals surface area contributed by atoms with Gasteiger partial charge < -0.3 is 4.57 Å². The van der Waals surface area contributed by atoms with E-state index in [-0.39, 0.29) is 0 Å². The minimum atomic E-state index is 1.31. The molecule has 0 aliphatic heterocycles. The second-order valence-electron chi connectivity index (χ2n) is 4.60. The first-order valence-electron chi connectivity index (χ1n) is 5.62. The predicted molar refractivity (Wildman–Crippen MR) is 69.9 cm³/mol. The van der Waals surface area contributed by atoms with Crippen LogP contribution in [0, 0.1) is 13.8 Å². The standard InChI is InChI=1S/C15H15N/c1-10-4-6-12-13-7-5-11(2)9-15(13)16(3)14(12)8-10/h4-9H,1-3H3. The van der Waals surface area contributed by atoms with Crippen LogP contribution in [-0.4, -0.2) is 4.57 Å². The van der Waals surface area contributed by atoms with E-state index in [0.29, 0.717) is 0 Å². The molecule has 0 amide bonds. The summed E-state index contributed by atoms with van der Waals surface area (Å²) in [5, 5.41) is 2.70. The Hall–Kier alpha value is -1.76. The summed E-state index contributed by atoms with van der Waals surface area (Å²) in [5.74, 6) is 0. The van der Waals surface area contributed by atoms with Crippen molar-refractivity contribution in [3.63, 3.8) is 0 Å². The largest absolute Gasteiger partial charge is 0.344 e. The Morgan fingerprint density at radius 2 is 1.19 bits per heavy atom. The lowest BCUT2D eigenvalue weighted by Crippen LogP contribution is -1.87. The molecule has 0 fully saturated rings. The van der Waals surface area contributed by atoms with E-state index >= 15 is 0 Å². The Bertz CT molecular complexity index is 630. The Balaban J connectivity index is 2.59. The zero-order valence-electron chi connectivity index (χ0n) is 9.91. The van der Waals surface area contributed by atoms with Gasteiger partial charge in [0.25, 0.3) is 0 Å². The van der Waals surface area contributed by atoms with Crippen LogP contribution in [-0.2, 0) is 7.05 Å². The van der Waals surface area contributed by atoms with Gasteiger partial charge in [0.15, 0.2) is 0 Å². The molecule has 2 aromatic carbocycles. The molecule has 16 heavy (non-hydrogen) atoms. The number of rotatable bonds is 0. The third-order valence-electron chi connectivity index (χ3n) is 3.32. The third-order valence-corrected chi connectivity index (χ3v) is 3.32. The minimum Gasteiger partial charge on any atom is -0.344 e. The molecule has 1 heteroatoms. The Morgan fingerprint density at radius 3 is 1.62 bits per heavy atom. The van der Waals surface area contributed by atoms with E-state index in [0.717, 1.165) is 0 Å². The maximum absolute atomic E-state index is 2.28. The first-order chi connectivity index (χ1) is 7.66. The third kappa shape index (κ3) is 1.18. The number of hydrogen-bond donors (Lipinski definition) is 0. The Morgan fingerprint density at radius 1 is 0.750 bits per heavy atom. The molecule has 0 bridgehead atoms. The van der Waals surface area contributed by atoms with Crippen molar-refractivity contribution in [1.82, 2.24) is 4.57 Å². The molecule has 0 N–H and O–H groups in total. The lowest BCUT2D eigenvalue weighted by Gasteiger charge is -1.99. The van der Waals surface area contributed by atoms with Gasteiger partial charge in [-0.15, -0.1) is 0 Å². The molecule has 0 aliphatic carbocycles. The van der Waals surface area contributed by atoms with Crippen LogP contribution in [0.5, 0.6) is 0 Å². The van der Waals surface area contributed by atoms with Crippen molar-refractivity contribution in [2.24, 2.45) is 7.05 Å². The molecule has 0 unspecified atom stereocenters. The van der Waals surface area contributed by atoms with Crippen molar-refractivity contribution in [3.8, 4) is 0 Å². The summed E-state index contributed by atoms with van der Waals surface area (Å²) < 4.78 is 2.28. The summed E-state index contributed by atoms with van der Waals surface area (Å²) in [4.78, 5) is 0. The zero-order chi connectivity index (χ0) is 11.3. The molecule has 80 valence electrons. The maximum Gasteiger partial charge on any atom is 0.0491 e. The second kappa shape index (κ2) is 3.11. The van der Waals surface area contributed by atoms with Gasteiger partial charge in [0.05, 0.1) is 0 Å². The van der Waals surface area contributed by atoms with Gasteiger partial charge in [0.2, 0.25) is 0 Å². The van der Waals surface area contributed by atoms with E-state index in [1.54, 1.807) is 0 Å². The molecular weight excluding hydrogens is 194 g/mol. The van der Waals surface area contributed by atoms with Crippen LogP contribution < -0.4 is 0 Å². The molecular formula is C15H15N. The van der Waals surface area contributed by atoms with Crippen molar-refractivity contribution in [1.29, 1.82) is 0 Å². The highest BCUT2D eigenvalue weighted by atomic mass is 14.9. The molecule has 1 aromatic heterocycles. The van der Waals surface area contributed by atoms with E-state index < -0.39 is 0 Å². The van der Waals surface area contributed by atoms with E-state index in [4.69, 9.17) is 0 Å². The highest BCUT2D eigenvalue weighted by Gasteiger charge is 2.07. The van der Waals surface area contributed by atoms with Crippen molar-refractivity contribution in [3.05, 3.63) is 47.5 Å². The van der Waals surface area contributed by atoms with Gasteiger partial charge in [-0.05, 0) is 37.1 Å². The van der Waals surface area contributed by atoms with Gasteiger partial charge in [-0.1, -0.05) is 24.3 Å². The van der Waals surface area contributed by atoms with E-state index in [2.05, 4.69) is 61.9 Å². The number of hydrogen-bond acceptors (Lipinski definition) is 0. The summed E-state index contributed by atoms with van der Waals surface area (Å²) in [6.07, 6.45) is 0. The molecule has 0 atom stereocenters. The van der Waals surface area contributed by atoms with Crippen LogP contribution in [0.2, 0.25) is 0 Å². The fourth-order valence-corrected chi connectivity index (χ4v) is 2.42. The molecule has 0 radical (unpaired) electrons. The minimum absolute atomic E-state index is 1.31. The predicted octanol–water partition coefficient (Wildman–Crippen LogP) is 3.95. The summed E-state index contributed by atoms with van der Waals surface area (Å²) in [5.41, 5.74) is 5.27. The topological polar surface area (TPSA) is 4.93 Å². The highest BCUT2D eigenvalue weighted by Crippen LogP contribution is 2.29. The van der Waals surface area contributed by atoms with Crippen LogP contribution in [0.4, 0.5) is 0 Å². The average molecular weight is 209 g/mol. The molecule has 1 heterocycles. The van der Waals surface area contributed by atoms with Crippen LogP contribution in [0.15, 0.2) is 36.4 Å². The normalized spacial score (nSPS) is 11.4. The summed E-state index contributed by atoms with van der Waals surface area (Å²) >= 11 is 0. The number of aryl methyl sites for hydroxylation is 3. The summed E-state index contributed by atoms with van der Waals surface area (Å²) in [6, 6.07) is 13.3. The first-order valence-corrected chi connectivity index (χ1v) is 5.62. The smallest absolute Gasteiger partial charge is 0.0491 e. The van der Waals surface area contributed by atoms with Crippen molar-refractivity contribution in [2.45, 2.75) is 13.8 Å². The molecule has 1 nitrogen and oxygen atoms in total. The number of aromatic nitrogens is 1. The van der Waals surface area contributed by atoms with Crippen LogP contribution >= 0.6 is 0 Å². The van der Waals surface area contributed by atoms with Crippen molar-refractivity contribution in [2.75, 3.05) is 0 Å². The van der Waals surface area contributed by atoms with Gasteiger partial charge in [0, 0.05) is 28.9 Å². The van der Waals surface area contributed by atoms with Gasteiger partial charge in [-0.25, -0.2) is 0 Å². The van der Waals surface area contributed by atoms with E-state index in [1.165, 1.54) is 32.9 Å². The van der Waals surface area contributed by atoms with Gasteiger partial charge in [-0.2, -0.15) is 0 Å². The van der Waals surface area contributed by atoms with Crippen LogP contribution in [0.1, 0.15) is 11.1 Å². The zero-order valence-corrected chi connectivity index (χ0v) is 9.91. The first kappa shape index (κ1) is 9.46. The second-order valence-corrected chi connectivity index (χ2v) is 4.60. The average Bonchev–Trinajstić information content (AvgIpc) is 2.53. The molecule has 3 rings (SSSR count). The summed E-state index contributed by atoms with van der Waals surface area (Å²) in [7, 11) is 2.14. The summed E-state index contributed by atoms with van der Waals surface area (Å²) in [6.45, 7) is 4.28. The number of benzene rings is 2. The van der Waals surface area contributed by atoms with Crippen LogP contribution in [0.25, 0.3) is 21.8 Å². The fraction of sp³-hybridized carbons (Fsp3) is 0.200. The monoisotopic (exact) mass is 209 g/mol. The highest BCUT2D eigenvalue weighted by molar-refractivity contribution is 6.08. The molecule has 0 saturated carbocycles. The SMILES string of the molecule is Cc1ccc2c3ccc(C)cc3n(C)c2c1.